The quantitative estimate of drug-likeness (QED) is 0.590. The molecule has 0 radical (unpaired) electrons. The Balaban J connectivity index is 2.04. The van der Waals surface area contributed by atoms with E-state index in [4.69, 9.17) is 17.3 Å². The fourth-order valence-electron chi connectivity index (χ4n) is 2.38. The number of hydrazine groups is 1. The zero-order valence-electron chi connectivity index (χ0n) is 14.1. The van der Waals surface area contributed by atoms with E-state index in [-0.39, 0.29) is 31.0 Å². The maximum absolute atomic E-state index is 12.9. The number of amides is 3. The highest BCUT2D eigenvalue weighted by atomic mass is 32.1. The molecule has 1 atom stereocenters. The molecule has 10 heteroatoms. The van der Waals surface area contributed by atoms with E-state index in [9.17, 15) is 18.8 Å². The third-order valence-corrected chi connectivity index (χ3v) is 4.20. The molecule has 8 nitrogen and oxygen atoms in total. The van der Waals surface area contributed by atoms with Crippen LogP contribution >= 0.6 is 12.2 Å². The number of aliphatic hydroxyl groups excluding tert-OH is 1. The van der Waals surface area contributed by atoms with Crippen LogP contribution < -0.4 is 10.7 Å². The first-order valence-corrected chi connectivity index (χ1v) is 8.31. The Morgan fingerprint density at radius 2 is 1.92 bits per heavy atom. The van der Waals surface area contributed by atoms with Crippen molar-refractivity contribution in [1.29, 1.82) is 0 Å². The van der Waals surface area contributed by atoms with Gasteiger partial charge in [-0.15, -0.1) is 0 Å². The van der Waals surface area contributed by atoms with Crippen molar-refractivity contribution in [2.45, 2.75) is 25.3 Å². The second-order valence-electron chi connectivity index (χ2n) is 5.69. The molecule has 1 aliphatic rings. The van der Waals surface area contributed by atoms with Gasteiger partial charge in [0.05, 0.1) is 6.42 Å². The highest BCUT2D eigenvalue weighted by molar-refractivity contribution is 7.80. The average Bonchev–Trinajstić information content (AvgIpc) is 2.80. The average molecular weight is 382 g/mol. The van der Waals surface area contributed by atoms with Crippen LogP contribution in [-0.2, 0) is 14.4 Å². The summed E-state index contributed by atoms with van der Waals surface area (Å²) < 4.78 is 12.9. The number of hydrogen-bond donors (Lipinski definition) is 3. The molecule has 1 fully saturated rings. The minimum Gasteiger partial charge on any atom is -0.396 e. The van der Waals surface area contributed by atoms with E-state index in [1.54, 1.807) is 0 Å². The summed E-state index contributed by atoms with van der Waals surface area (Å²) >= 11 is 5.14. The predicted molar refractivity (Wildman–Crippen MR) is 95.1 cm³/mol. The van der Waals surface area contributed by atoms with E-state index in [1.807, 2.05) is 0 Å². The number of anilines is 1. The Bertz CT molecular complexity index is 713. The second-order valence-corrected chi connectivity index (χ2v) is 6.05. The molecule has 1 aromatic rings. The van der Waals surface area contributed by atoms with E-state index in [0.717, 1.165) is 0 Å². The number of nitrogens with one attached hydrogen (secondary N) is 2. The first-order chi connectivity index (χ1) is 12.3. The lowest BCUT2D eigenvalue weighted by Crippen LogP contribution is -2.49. The van der Waals surface area contributed by atoms with E-state index in [1.165, 1.54) is 41.2 Å². The summed E-state index contributed by atoms with van der Waals surface area (Å²) in [6.45, 7) is -0.139. The smallest absolute Gasteiger partial charge is 0.253 e. The zero-order valence-corrected chi connectivity index (χ0v) is 14.9. The van der Waals surface area contributed by atoms with Crippen LogP contribution in [0.15, 0.2) is 24.3 Å². The van der Waals surface area contributed by atoms with Gasteiger partial charge in [-0.2, -0.15) is 0 Å². The third kappa shape index (κ3) is 4.73. The molecule has 26 heavy (non-hydrogen) atoms. The zero-order chi connectivity index (χ0) is 19.3. The Morgan fingerprint density at radius 3 is 2.54 bits per heavy atom. The molecule has 1 unspecified atom stereocenters. The molecule has 3 amide bonds. The number of aliphatic hydroxyl groups is 1. The van der Waals surface area contributed by atoms with E-state index in [2.05, 4.69) is 10.7 Å². The van der Waals surface area contributed by atoms with Crippen molar-refractivity contribution in [2.24, 2.45) is 0 Å². The lowest BCUT2D eigenvalue weighted by atomic mass is 10.2. The summed E-state index contributed by atoms with van der Waals surface area (Å²) in [7, 11) is 1.45. The molecule has 140 valence electrons. The monoisotopic (exact) mass is 382 g/mol. The summed E-state index contributed by atoms with van der Waals surface area (Å²) in [6, 6.07) is 4.22. The van der Waals surface area contributed by atoms with Crippen LogP contribution in [0.25, 0.3) is 0 Å². The van der Waals surface area contributed by atoms with Crippen molar-refractivity contribution in [1.82, 2.24) is 15.3 Å². The van der Waals surface area contributed by atoms with Gasteiger partial charge in [0.2, 0.25) is 11.8 Å². The van der Waals surface area contributed by atoms with Crippen LogP contribution in [0.4, 0.5) is 10.1 Å². The van der Waals surface area contributed by atoms with Crippen LogP contribution in [0.2, 0.25) is 0 Å². The van der Waals surface area contributed by atoms with Crippen LogP contribution in [-0.4, -0.2) is 57.5 Å². The van der Waals surface area contributed by atoms with Crippen molar-refractivity contribution >= 4 is 40.7 Å². The minimum absolute atomic E-state index is 0.0576. The molecule has 0 spiro atoms. The number of rotatable bonds is 7. The lowest BCUT2D eigenvalue weighted by molar-refractivity contribution is -0.132. The van der Waals surface area contributed by atoms with Gasteiger partial charge in [0.25, 0.3) is 5.91 Å². The third-order valence-electron chi connectivity index (χ3n) is 3.73. The van der Waals surface area contributed by atoms with Crippen LogP contribution in [0.3, 0.4) is 0 Å². The van der Waals surface area contributed by atoms with Gasteiger partial charge in [-0.25, -0.2) is 9.40 Å². The number of benzene rings is 1. The first kappa shape index (κ1) is 19.7. The van der Waals surface area contributed by atoms with Gasteiger partial charge < -0.3 is 10.4 Å². The molecule has 1 aromatic carbocycles. The summed E-state index contributed by atoms with van der Waals surface area (Å²) in [4.78, 5) is 37.6. The van der Waals surface area contributed by atoms with Crippen LogP contribution in [0.1, 0.15) is 19.3 Å². The maximum Gasteiger partial charge on any atom is 0.253 e. The largest absolute Gasteiger partial charge is 0.396 e. The van der Waals surface area contributed by atoms with Crippen molar-refractivity contribution in [3.8, 4) is 0 Å². The SMILES string of the molecule is CN1C(=O)C(CC(=O)Nc2ccc(F)cc2)N(NC(=O)CCCO)C1=S. The van der Waals surface area contributed by atoms with Gasteiger partial charge >= 0.3 is 0 Å². The summed E-state index contributed by atoms with van der Waals surface area (Å²) in [5.41, 5.74) is 2.89. The minimum atomic E-state index is -0.981. The Labute approximate surface area is 154 Å². The molecular formula is C16H19FN4O4S. The standard InChI is InChI=1S/C16H19FN4O4S/c1-20-15(25)12(21(16(20)26)19-13(23)3-2-8-22)9-14(24)18-11-6-4-10(17)5-7-11/h4-7,12,22H,2-3,8-9H2,1H3,(H,18,24)(H,19,23). The van der Waals surface area contributed by atoms with Crippen molar-refractivity contribution in [3.63, 3.8) is 0 Å². The van der Waals surface area contributed by atoms with E-state index >= 15 is 0 Å². The summed E-state index contributed by atoms with van der Waals surface area (Å²) in [5.74, 6) is -1.76. The Kier molecular flexibility index (Phi) is 6.58. The first-order valence-electron chi connectivity index (χ1n) is 7.90. The highest BCUT2D eigenvalue weighted by Crippen LogP contribution is 2.18. The fraction of sp³-hybridized carbons (Fsp3) is 0.375. The van der Waals surface area contributed by atoms with E-state index < -0.39 is 29.6 Å². The molecule has 1 saturated heterocycles. The van der Waals surface area contributed by atoms with Gasteiger partial charge in [-0.1, -0.05) is 0 Å². The van der Waals surface area contributed by atoms with Gasteiger partial charge in [-0.05, 0) is 42.9 Å². The maximum atomic E-state index is 12.9. The van der Waals surface area contributed by atoms with Crippen molar-refractivity contribution in [3.05, 3.63) is 30.1 Å². The molecule has 2 rings (SSSR count). The van der Waals surface area contributed by atoms with Crippen molar-refractivity contribution < 1.29 is 23.9 Å². The van der Waals surface area contributed by atoms with Gasteiger partial charge in [0.1, 0.15) is 11.9 Å². The molecule has 3 N–H and O–H groups in total. The fourth-order valence-corrected chi connectivity index (χ4v) is 2.64. The Hall–Kier alpha value is -2.59. The number of hydrogen-bond acceptors (Lipinski definition) is 5. The van der Waals surface area contributed by atoms with E-state index in [0.29, 0.717) is 5.69 Å². The second kappa shape index (κ2) is 8.68. The highest BCUT2D eigenvalue weighted by Gasteiger charge is 2.42. The molecule has 1 heterocycles. The van der Waals surface area contributed by atoms with Crippen LogP contribution in [0.5, 0.6) is 0 Å². The number of carbonyl (C=O) groups is 3. The lowest BCUT2D eigenvalue weighted by Gasteiger charge is -2.23. The summed E-state index contributed by atoms with van der Waals surface area (Å²) in [6.07, 6.45) is 0.0783. The Morgan fingerprint density at radius 1 is 1.27 bits per heavy atom. The topological polar surface area (TPSA) is 102 Å². The number of nitrogens with zero attached hydrogens (tertiary/aromatic N) is 2. The number of thiocarbonyl (C=S) groups is 1. The molecule has 1 aliphatic heterocycles. The molecule has 0 bridgehead atoms. The number of carbonyl (C=O) groups excluding carboxylic acids is 3. The molecule has 0 aromatic heterocycles. The predicted octanol–water partition coefficient (Wildman–Crippen LogP) is 0.386. The molecule has 0 aliphatic carbocycles. The molecule has 0 saturated carbocycles. The van der Waals surface area contributed by atoms with Gasteiger partial charge in [-0.3, -0.25) is 24.7 Å². The summed E-state index contributed by atoms with van der Waals surface area (Å²) in [5, 5.41) is 12.6. The molecular weight excluding hydrogens is 363 g/mol. The number of likely N-dealkylation sites (N-methyl/N-ethyl adjacent to an activating group) is 1. The van der Waals surface area contributed by atoms with Gasteiger partial charge in [0, 0.05) is 25.8 Å². The van der Waals surface area contributed by atoms with Gasteiger partial charge in [0.15, 0.2) is 5.11 Å². The van der Waals surface area contributed by atoms with Crippen LogP contribution in [0, 0.1) is 5.82 Å². The van der Waals surface area contributed by atoms with Crippen molar-refractivity contribution in [2.75, 3.05) is 19.0 Å². The normalized spacial score (nSPS) is 16.8. The number of halogens is 1.